The number of hydrogen-bond donors (Lipinski definition) is 1. The van der Waals surface area contributed by atoms with E-state index in [1.54, 1.807) is 0 Å². The number of halogens is 1. The lowest BCUT2D eigenvalue weighted by Gasteiger charge is -2.18. The summed E-state index contributed by atoms with van der Waals surface area (Å²) < 4.78 is 14.5. The molecular formula is C20H21BrN2O3. The SMILES string of the molecule is OC(COc1ccccc1Br)Cn1c(C2CCCO2)nc2ccccc21. The largest absolute Gasteiger partial charge is 0.490 e. The minimum absolute atomic E-state index is 0.00112. The first-order valence-electron chi connectivity index (χ1n) is 8.84. The molecule has 0 bridgehead atoms. The molecule has 136 valence electrons. The summed E-state index contributed by atoms with van der Waals surface area (Å²) in [6.45, 7) is 1.39. The summed E-state index contributed by atoms with van der Waals surface area (Å²) in [5.74, 6) is 1.62. The predicted octanol–water partition coefficient (Wildman–Crippen LogP) is 4.09. The fourth-order valence-electron chi connectivity index (χ4n) is 3.32. The summed E-state index contributed by atoms with van der Waals surface area (Å²) >= 11 is 3.46. The van der Waals surface area contributed by atoms with Crippen LogP contribution in [0.15, 0.2) is 53.0 Å². The fourth-order valence-corrected chi connectivity index (χ4v) is 3.72. The molecule has 1 aliphatic rings. The molecule has 1 aromatic heterocycles. The summed E-state index contributed by atoms with van der Waals surface area (Å²) in [7, 11) is 0. The van der Waals surface area contributed by atoms with Crippen LogP contribution in [0.2, 0.25) is 0 Å². The lowest BCUT2D eigenvalue weighted by molar-refractivity contribution is 0.0803. The monoisotopic (exact) mass is 416 g/mol. The molecule has 2 atom stereocenters. The van der Waals surface area contributed by atoms with Gasteiger partial charge in [0.25, 0.3) is 0 Å². The van der Waals surface area contributed by atoms with Crippen LogP contribution in [0.25, 0.3) is 11.0 Å². The second-order valence-corrected chi connectivity index (χ2v) is 7.32. The van der Waals surface area contributed by atoms with Gasteiger partial charge in [-0.05, 0) is 53.0 Å². The van der Waals surface area contributed by atoms with Crippen LogP contribution in [0.4, 0.5) is 0 Å². The van der Waals surface area contributed by atoms with Crippen LogP contribution in [0.5, 0.6) is 5.75 Å². The molecule has 1 aliphatic heterocycles. The van der Waals surface area contributed by atoms with Gasteiger partial charge in [-0.1, -0.05) is 24.3 Å². The lowest BCUT2D eigenvalue weighted by Crippen LogP contribution is -2.25. The highest BCUT2D eigenvalue weighted by atomic mass is 79.9. The zero-order chi connectivity index (χ0) is 17.9. The molecule has 2 heterocycles. The van der Waals surface area contributed by atoms with Crippen molar-refractivity contribution >= 4 is 27.0 Å². The molecular weight excluding hydrogens is 396 g/mol. The third-order valence-corrected chi connectivity index (χ3v) is 5.22. The summed E-state index contributed by atoms with van der Waals surface area (Å²) in [5.41, 5.74) is 1.94. The van der Waals surface area contributed by atoms with E-state index >= 15 is 0 Å². The Bertz CT molecular complexity index is 890. The molecule has 3 aromatic rings. The van der Waals surface area contributed by atoms with Crippen molar-refractivity contribution in [3.63, 3.8) is 0 Å². The molecule has 1 fully saturated rings. The van der Waals surface area contributed by atoms with Gasteiger partial charge in [-0.15, -0.1) is 0 Å². The Morgan fingerprint density at radius 3 is 2.85 bits per heavy atom. The predicted molar refractivity (Wildman–Crippen MR) is 103 cm³/mol. The first-order chi connectivity index (χ1) is 12.7. The zero-order valence-corrected chi connectivity index (χ0v) is 15.9. The van der Waals surface area contributed by atoms with Crippen LogP contribution >= 0.6 is 15.9 Å². The number of imidazole rings is 1. The third-order valence-electron chi connectivity index (χ3n) is 4.56. The van der Waals surface area contributed by atoms with Crippen LogP contribution in [0, 0.1) is 0 Å². The van der Waals surface area contributed by atoms with Crippen LogP contribution in [-0.4, -0.2) is 34.0 Å². The Morgan fingerprint density at radius 2 is 2.04 bits per heavy atom. The number of aromatic nitrogens is 2. The molecule has 26 heavy (non-hydrogen) atoms. The summed E-state index contributed by atoms with van der Waals surface area (Å²) in [6.07, 6.45) is 1.35. The van der Waals surface area contributed by atoms with Crippen molar-refractivity contribution in [1.82, 2.24) is 9.55 Å². The van der Waals surface area contributed by atoms with Crippen molar-refractivity contribution in [3.8, 4) is 5.75 Å². The molecule has 0 spiro atoms. The normalized spacial score (nSPS) is 18.3. The molecule has 4 rings (SSSR count). The van der Waals surface area contributed by atoms with Gasteiger partial charge >= 0.3 is 0 Å². The van der Waals surface area contributed by atoms with Gasteiger partial charge in [-0.25, -0.2) is 4.98 Å². The number of nitrogens with zero attached hydrogens (tertiary/aromatic N) is 2. The average Bonchev–Trinajstić information content (AvgIpc) is 3.29. The standard InChI is InChI=1S/C20H21BrN2O3/c21-15-6-1-4-9-18(15)26-13-14(24)12-23-17-8-3-2-7-16(17)22-20(23)19-10-5-11-25-19/h1-4,6-9,14,19,24H,5,10-13H2. The first-order valence-corrected chi connectivity index (χ1v) is 9.64. The van der Waals surface area contributed by atoms with E-state index in [0.29, 0.717) is 6.54 Å². The van der Waals surface area contributed by atoms with Gasteiger partial charge in [0, 0.05) is 6.61 Å². The second kappa shape index (κ2) is 7.78. The highest BCUT2D eigenvalue weighted by molar-refractivity contribution is 9.10. The van der Waals surface area contributed by atoms with Crippen molar-refractivity contribution in [1.29, 1.82) is 0 Å². The lowest BCUT2D eigenvalue weighted by atomic mass is 10.2. The molecule has 1 saturated heterocycles. The van der Waals surface area contributed by atoms with E-state index in [1.165, 1.54) is 0 Å². The van der Waals surface area contributed by atoms with E-state index in [1.807, 2.05) is 48.5 Å². The van der Waals surface area contributed by atoms with Gasteiger partial charge in [-0.2, -0.15) is 0 Å². The number of hydrogen-bond acceptors (Lipinski definition) is 4. The second-order valence-electron chi connectivity index (χ2n) is 6.47. The molecule has 0 aliphatic carbocycles. The number of rotatable bonds is 6. The molecule has 1 N–H and O–H groups in total. The zero-order valence-electron chi connectivity index (χ0n) is 14.3. The Balaban J connectivity index is 1.53. The van der Waals surface area contributed by atoms with Crippen molar-refractivity contribution in [3.05, 3.63) is 58.8 Å². The van der Waals surface area contributed by atoms with Crippen molar-refractivity contribution < 1.29 is 14.6 Å². The number of aliphatic hydroxyl groups excluding tert-OH is 1. The third kappa shape index (κ3) is 3.63. The van der Waals surface area contributed by atoms with Crippen LogP contribution in [0.1, 0.15) is 24.8 Å². The maximum atomic E-state index is 10.6. The van der Waals surface area contributed by atoms with E-state index in [2.05, 4.69) is 20.5 Å². The van der Waals surface area contributed by atoms with Gasteiger partial charge in [0.2, 0.25) is 0 Å². The summed E-state index contributed by atoms with van der Waals surface area (Å²) in [4.78, 5) is 4.76. The van der Waals surface area contributed by atoms with E-state index in [0.717, 1.165) is 46.5 Å². The molecule has 0 radical (unpaired) electrons. The van der Waals surface area contributed by atoms with Crippen LogP contribution in [0.3, 0.4) is 0 Å². The molecule has 5 nitrogen and oxygen atoms in total. The van der Waals surface area contributed by atoms with Crippen LogP contribution in [-0.2, 0) is 11.3 Å². The molecule has 0 saturated carbocycles. The minimum atomic E-state index is -0.653. The van der Waals surface area contributed by atoms with Crippen molar-refractivity contribution in [2.75, 3.05) is 13.2 Å². The van der Waals surface area contributed by atoms with Gasteiger partial charge in [0.1, 0.15) is 30.4 Å². The molecule has 6 heteroatoms. The fraction of sp³-hybridized carbons (Fsp3) is 0.350. The van der Waals surface area contributed by atoms with E-state index in [-0.39, 0.29) is 12.7 Å². The quantitative estimate of drug-likeness (QED) is 0.657. The molecule has 0 amide bonds. The highest BCUT2D eigenvalue weighted by Gasteiger charge is 2.25. The van der Waals surface area contributed by atoms with Crippen molar-refractivity contribution in [2.24, 2.45) is 0 Å². The molecule has 2 unspecified atom stereocenters. The Kier molecular flexibility index (Phi) is 5.24. The number of para-hydroxylation sites is 3. The summed E-state index contributed by atoms with van der Waals surface area (Å²) in [5, 5.41) is 10.6. The molecule has 2 aromatic carbocycles. The minimum Gasteiger partial charge on any atom is -0.490 e. The number of fused-ring (bicyclic) bond motifs is 1. The smallest absolute Gasteiger partial charge is 0.139 e. The maximum absolute atomic E-state index is 10.6. The Hall–Kier alpha value is -1.89. The van der Waals surface area contributed by atoms with E-state index < -0.39 is 6.10 Å². The number of benzene rings is 2. The topological polar surface area (TPSA) is 56.5 Å². The van der Waals surface area contributed by atoms with Gasteiger partial charge < -0.3 is 19.1 Å². The first kappa shape index (κ1) is 17.5. The van der Waals surface area contributed by atoms with E-state index in [4.69, 9.17) is 14.5 Å². The number of aliphatic hydroxyl groups is 1. The number of ether oxygens (including phenoxy) is 2. The maximum Gasteiger partial charge on any atom is 0.139 e. The van der Waals surface area contributed by atoms with Gasteiger partial charge in [-0.3, -0.25) is 0 Å². The van der Waals surface area contributed by atoms with Crippen LogP contribution < -0.4 is 4.74 Å². The Labute approximate surface area is 160 Å². The Morgan fingerprint density at radius 1 is 1.23 bits per heavy atom. The highest BCUT2D eigenvalue weighted by Crippen LogP contribution is 2.31. The van der Waals surface area contributed by atoms with E-state index in [9.17, 15) is 5.11 Å². The van der Waals surface area contributed by atoms with Gasteiger partial charge in [0.15, 0.2) is 0 Å². The van der Waals surface area contributed by atoms with Crippen molar-refractivity contribution in [2.45, 2.75) is 31.6 Å². The summed E-state index contributed by atoms with van der Waals surface area (Å²) in [6, 6.07) is 15.6. The van der Waals surface area contributed by atoms with Gasteiger partial charge in [0.05, 0.1) is 22.1 Å². The average molecular weight is 417 g/mol.